The Hall–Kier alpha value is -1.52. The van der Waals surface area contributed by atoms with Crippen LogP contribution >= 0.6 is 0 Å². The lowest BCUT2D eigenvalue weighted by molar-refractivity contribution is -0.157. The fourth-order valence-electron chi connectivity index (χ4n) is 4.47. The number of methoxy groups -OCH3 is 1. The maximum Gasteiger partial charge on any atom is 0.241 e. The Balaban J connectivity index is 1.63. The van der Waals surface area contributed by atoms with Gasteiger partial charge in [-0.05, 0) is 44.8 Å². The number of nitrogens with zero attached hydrogens (tertiary/aromatic N) is 2. The summed E-state index contributed by atoms with van der Waals surface area (Å²) in [6.45, 7) is 12.3. The average Bonchev–Trinajstić information content (AvgIpc) is 3.29. The summed E-state index contributed by atoms with van der Waals surface area (Å²) in [4.78, 5) is 22.6. The molecule has 0 aromatic carbocycles. The number of hydrogen-bond donors (Lipinski definition) is 3. The molecule has 0 bridgehead atoms. The number of rotatable bonds is 6. The smallest absolute Gasteiger partial charge is 0.241 e. The zero-order valence-corrected chi connectivity index (χ0v) is 19.9. The summed E-state index contributed by atoms with van der Waals surface area (Å²) in [5, 5.41) is 3.66. The minimum Gasteiger partial charge on any atom is -0.479 e. The topological polar surface area (TPSA) is 102 Å². The van der Waals surface area contributed by atoms with Crippen molar-refractivity contribution in [3.8, 4) is 5.88 Å². The predicted molar refractivity (Wildman–Crippen MR) is 117 cm³/mol. The molecule has 0 spiro atoms. The summed E-state index contributed by atoms with van der Waals surface area (Å²) in [6.07, 6.45) is 5.13. The Morgan fingerprint density at radius 3 is 2.60 bits per heavy atom. The highest BCUT2D eigenvalue weighted by Gasteiger charge is 2.55. The molecule has 3 N–H and O–H groups in total. The van der Waals surface area contributed by atoms with Crippen molar-refractivity contribution in [3.05, 3.63) is 18.1 Å². The van der Waals surface area contributed by atoms with Crippen molar-refractivity contribution >= 4 is 19.4 Å². The van der Waals surface area contributed by atoms with Crippen LogP contribution in [0.2, 0.25) is 18.1 Å². The summed E-state index contributed by atoms with van der Waals surface area (Å²) in [6, 6.07) is 0.0729. The van der Waals surface area contributed by atoms with Gasteiger partial charge in [0.05, 0.1) is 13.2 Å². The molecule has 2 fully saturated rings. The third-order valence-corrected chi connectivity index (χ3v) is 10.6. The van der Waals surface area contributed by atoms with Gasteiger partial charge in [0.15, 0.2) is 14.1 Å². The van der Waals surface area contributed by atoms with Crippen LogP contribution in [0.15, 0.2) is 12.5 Å². The van der Waals surface area contributed by atoms with Crippen molar-refractivity contribution in [1.82, 2.24) is 20.3 Å². The molecule has 2 aromatic rings. The normalized spacial score (nSPS) is 28.8. The van der Waals surface area contributed by atoms with Gasteiger partial charge in [-0.3, -0.25) is 0 Å². The van der Waals surface area contributed by atoms with Crippen LogP contribution < -0.4 is 10.1 Å². The minimum atomic E-state index is -2.27. The lowest BCUT2D eigenvalue weighted by atomic mass is 9.98. The van der Waals surface area contributed by atoms with E-state index in [1.165, 1.54) is 6.33 Å². The Kier molecular flexibility index (Phi) is 5.26. The van der Waals surface area contributed by atoms with Gasteiger partial charge in [0.25, 0.3) is 0 Å². The molecule has 0 aliphatic carbocycles. The van der Waals surface area contributed by atoms with Crippen LogP contribution in [0.1, 0.15) is 52.1 Å². The van der Waals surface area contributed by atoms with Crippen LogP contribution in [0.5, 0.6) is 5.88 Å². The third kappa shape index (κ3) is 3.66. The Morgan fingerprint density at radius 2 is 1.93 bits per heavy atom. The third-order valence-electron chi connectivity index (χ3n) is 7.01. The predicted octanol–water partition coefficient (Wildman–Crippen LogP) is 3.26. The van der Waals surface area contributed by atoms with E-state index >= 15 is 0 Å². The van der Waals surface area contributed by atoms with Crippen molar-refractivity contribution in [2.45, 2.75) is 88.7 Å². The lowest BCUT2D eigenvalue weighted by Gasteiger charge is -2.36. The second kappa shape index (κ2) is 7.27. The lowest BCUT2D eigenvalue weighted by Crippen LogP contribution is -2.41. The summed E-state index contributed by atoms with van der Waals surface area (Å²) in [5.41, 5.74) is 2.64. The first-order chi connectivity index (χ1) is 13.9. The number of fused-ring (bicyclic) bond motifs is 2. The Labute approximate surface area is 178 Å². The highest BCUT2D eigenvalue weighted by Crippen LogP contribution is 2.46. The molecule has 2 aromatic heterocycles. The van der Waals surface area contributed by atoms with E-state index in [0.29, 0.717) is 5.88 Å². The molecule has 2 aliphatic heterocycles. The maximum atomic E-state index is 10.7. The number of hydrogen-bond acceptors (Lipinski definition) is 7. The summed E-state index contributed by atoms with van der Waals surface area (Å²) in [7, 11) is -0.668. The van der Waals surface area contributed by atoms with Crippen LogP contribution in [0, 0.1) is 0 Å². The van der Waals surface area contributed by atoms with E-state index in [0.717, 1.165) is 29.4 Å². The van der Waals surface area contributed by atoms with Crippen molar-refractivity contribution in [2.24, 2.45) is 0 Å². The summed E-state index contributed by atoms with van der Waals surface area (Å²) in [5.74, 6) is -0.106. The molecule has 4 rings (SSSR count). The molecule has 8 nitrogen and oxygen atoms in total. The molecule has 0 unspecified atom stereocenters. The quantitative estimate of drug-likeness (QED) is 0.600. The van der Waals surface area contributed by atoms with Gasteiger partial charge in [-0.2, -0.15) is 4.98 Å². The molecule has 0 saturated carbocycles. The van der Waals surface area contributed by atoms with Gasteiger partial charge in [0, 0.05) is 17.8 Å². The zero-order chi connectivity index (χ0) is 21.9. The van der Waals surface area contributed by atoms with Crippen molar-refractivity contribution in [2.75, 3.05) is 7.11 Å². The first-order valence-electron chi connectivity index (χ1n) is 10.6. The fourth-order valence-corrected chi connectivity index (χ4v) is 5.23. The van der Waals surface area contributed by atoms with E-state index in [9.17, 15) is 4.80 Å². The maximum absolute atomic E-state index is 10.7. The summed E-state index contributed by atoms with van der Waals surface area (Å²) >= 11 is 0. The number of aromatic amines is 1. The molecular formula is C21H34N4O4Si. The van der Waals surface area contributed by atoms with Crippen LogP contribution in [-0.4, -0.2) is 59.2 Å². The molecular weight excluding hydrogens is 400 g/mol. The fraction of sp³-hybridized carbons (Fsp3) is 0.714. The van der Waals surface area contributed by atoms with E-state index in [2.05, 4.69) is 34.1 Å². The second-order valence-electron chi connectivity index (χ2n) is 10.1. The molecule has 4 atom stereocenters. The van der Waals surface area contributed by atoms with E-state index in [1.807, 2.05) is 33.1 Å². The second-order valence-corrected chi connectivity index (χ2v) is 14.6. The van der Waals surface area contributed by atoms with Crippen molar-refractivity contribution in [1.29, 1.82) is 0 Å². The number of nitrogens with one attached hydrogen (secondary N) is 2. The van der Waals surface area contributed by atoms with Crippen LogP contribution in [-0.2, 0) is 9.47 Å². The molecule has 166 valence electrons. The highest BCUT2D eigenvalue weighted by molar-refractivity contribution is 6.72. The minimum absolute atomic E-state index is 0.0574. The summed E-state index contributed by atoms with van der Waals surface area (Å²) < 4.78 is 18.0. The number of ether oxygens (including phenoxy) is 3. The highest BCUT2D eigenvalue weighted by atomic mass is 28.4. The monoisotopic (exact) mass is 434 g/mol. The molecule has 0 radical (unpaired) electrons. The van der Waals surface area contributed by atoms with E-state index in [-0.39, 0.29) is 29.3 Å². The van der Waals surface area contributed by atoms with E-state index in [1.54, 1.807) is 7.11 Å². The largest absolute Gasteiger partial charge is 0.479 e. The van der Waals surface area contributed by atoms with Gasteiger partial charge >= 0.3 is 0 Å². The number of H-pyrrole nitrogens is 1. The van der Waals surface area contributed by atoms with E-state index < -0.39 is 14.1 Å². The zero-order valence-electron chi connectivity index (χ0n) is 18.9. The van der Waals surface area contributed by atoms with Crippen LogP contribution in [0.4, 0.5) is 0 Å². The van der Waals surface area contributed by atoms with Gasteiger partial charge in [0.2, 0.25) is 5.88 Å². The van der Waals surface area contributed by atoms with Gasteiger partial charge in [-0.1, -0.05) is 13.8 Å². The van der Waals surface area contributed by atoms with Crippen LogP contribution in [0.25, 0.3) is 11.0 Å². The molecule has 4 heterocycles. The molecule has 2 aliphatic rings. The average molecular weight is 435 g/mol. The Bertz CT molecular complexity index is 923. The Morgan fingerprint density at radius 1 is 1.23 bits per heavy atom. The first kappa shape index (κ1) is 21.7. The van der Waals surface area contributed by atoms with E-state index in [4.69, 9.17) is 14.2 Å². The van der Waals surface area contributed by atoms with Gasteiger partial charge in [0.1, 0.15) is 29.6 Å². The van der Waals surface area contributed by atoms with Gasteiger partial charge in [-0.15, -0.1) is 0 Å². The standard InChI is InChI=1S/C21H34N4O4Si/c1-20(2,30(6,7)26)9-8-13-17-18(29-21(3,4)28-17)15(25-13)12-10-22-16-14(12)23-11-24-19(16)27-5/h10-11,13,15,17-18,22,25-26H,8-9H2,1-7H3/t13-,15+,17-,18+/m1/s1. The van der Waals surface area contributed by atoms with Gasteiger partial charge < -0.3 is 29.3 Å². The molecule has 30 heavy (non-hydrogen) atoms. The first-order valence-corrected chi connectivity index (χ1v) is 13.6. The molecule has 0 amide bonds. The SMILES string of the molecule is COc1ncnc2c([C@@H]3N[C@H](CCC(C)(C)[Si](C)(C)O)[C@H]4OC(C)(C)O[C@H]43)c[nH]c12. The van der Waals surface area contributed by atoms with Crippen LogP contribution in [0.3, 0.4) is 0 Å². The molecule has 9 heteroatoms. The van der Waals surface area contributed by atoms with Crippen molar-refractivity contribution < 1.29 is 19.0 Å². The van der Waals surface area contributed by atoms with Gasteiger partial charge in [-0.25, -0.2) is 4.98 Å². The number of aromatic nitrogens is 3. The van der Waals surface area contributed by atoms with Crippen molar-refractivity contribution in [3.63, 3.8) is 0 Å². The molecule has 2 saturated heterocycles.